The fourth-order valence-corrected chi connectivity index (χ4v) is 2.95. The van der Waals surface area contributed by atoms with Gasteiger partial charge in [0.05, 0.1) is 6.04 Å². The number of phenolic OH excluding ortho intramolecular Hbond substituents is 1. The molecule has 2 N–H and O–H groups in total. The molecule has 2 heterocycles. The number of aryl methyl sites for hydroxylation is 1. The predicted molar refractivity (Wildman–Crippen MR) is 72.0 cm³/mol. The van der Waals surface area contributed by atoms with Crippen LogP contribution in [0.25, 0.3) is 0 Å². The third-order valence-electron chi connectivity index (χ3n) is 4.10. The SMILES string of the molecule is O=C(CCc1ccccc1O)N1CCCC1C1OC1O. The number of carbonyl (C=O) groups is 1. The Kier molecular flexibility index (Phi) is 3.63. The molecule has 0 spiro atoms. The lowest BCUT2D eigenvalue weighted by molar-refractivity contribution is -0.132. The summed E-state index contributed by atoms with van der Waals surface area (Å²) in [6, 6.07) is 7.10. The van der Waals surface area contributed by atoms with E-state index in [1.165, 1.54) is 0 Å². The molecule has 5 heteroatoms. The third-order valence-corrected chi connectivity index (χ3v) is 4.10. The number of nitrogens with zero attached hydrogens (tertiary/aromatic N) is 1. The Morgan fingerprint density at radius 2 is 2.15 bits per heavy atom. The van der Waals surface area contributed by atoms with E-state index in [2.05, 4.69) is 0 Å². The van der Waals surface area contributed by atoms with Crippen molar-refractivity contribution in [2.75, 3.05) is 6.54 Å². The van der Waals surface area contributed by atoms with Gasteiger partial charge in [-0.2, -0.15) is 0 Å². The molecule has 2 aliphatic heterocycles. The maximum absolute atomic E-state index is 12.3. The Morgan fingerprint density at radius 3 is 2.85 bits per heavy atom. The first-order chi connectivity index (χ1) is 9.66. The van der Waals surface area contributed by atoms with Crippen molar-refractivity contribution in [1.82, 2.24) is 4.90 Å². The molecule has 3 unspecified atom stereocenters. The summed E-state index contributed by atoms with van der Waals surface area (Å²) < 4.78 is 5.08. The van der Waals surface area contributed by atoms with E-state index in [4.69, 9.17) is 4.74 Å². The highest BCUT2D eigenvalue weighted by Crippen LogP contribution is 2.33. The quantitative estimate of drug-likeness (QED) is 0.806. The lowest BCUT2D eigenvalue weighted by atomic mass is 10.1. The molecule has 0 saturated carbocycles. The number of aliphatic hydroxyl groups is 1. The molecule has 2 fully saturated rings. The van der Waals surface area contributed by atoms with Crippen molar-refractivity contribution in [1.29, 1.82) is 0 Å². The number of benzene rings is 1. The summed E-state index contributed by atoms with van der Waals surface area (Å²) in [4.78, 5) is 14.1. The van der Waals surface area contributed by atoms with Crippen molar-refractivity contribution in [2.24, 2.45) is 0 Å². The summed E-state index contributed by atoms with van der Waals surface area (Å²) in [5, 5.41) is 19.0. The Bertz CT molecular complexity index is 504. The second-order valence-corrected chi connectivity index (χ2v) is 5.42. The van der Waals surface area contributed by atoms with Crippen LogP contribution in [0.1, 0.15) is 24.8 Å². The van der Waals surface area contributed by atoms with Crippen LogP contribution in [0.3, 0.4) is 0 Å². The second-order valence-electron chi connectivity index (χ2n) is 5.42. The minimum Gasteiger partial charge on any atom is -0.508 e. The van der Waals surface area contributed by atoms with Crippen LogP contribution in [0.4, 0.5) is 0 Å². The highest BCUT2D eigenvalue weighted by atomic mass is 16.7. The van der Waals surface area contributed by atoms with Gasteiger partial charge in [-0.1, -0.05) is 18.2 Å². The van der Waals surface area contributed by atoms with Gasteiger partial charge in [-0.15, -0.1) is 0 Å². The zero-order valence-corrected chi connectivity index (χ0v) is 11.2. The molecule has 2 saturated heterocycles. The molecule has 1 amide bonds. The van der Waals surface area contributed by atoms with Crippen LogP contribution in [0.15, 0.2) is 24.3 Å². The molecule has 2 aliphatic rings. The van der Waals surface area contributed by atoms with Crippen LogP contribution in [0.5, 0.6) is 5.75 Å². The normalized spacial score (nSPS) is 28.6. The number of epoxide rings is 1. The molecule has 108 valence electrons. The van der Waals surface area contributed by atoms with Crippen molar-refractivity contribution < 1.29 is 19.7 Å². The predicted octanol–water partition coefficient (Wildman–Crippen LogP) is 1.03. The first-order valence-electron chi connectivity index (χ1n) is 7.06. The second kappa shape index (κ2) is 5.42. The van der Waals surface area contributed by atoms with Gasteiger partial charge >= 0.3 is 0 Å². The fraction of sp³-hybridized carbons (Fsp3) is 0.533. The Labute approximate surface area is 117 Å². The van der Waals surface area contributed by atoms with E-state index in [-0.39, 0.29) is 23.8 Å². The number of hydrogen-bond donors (Lipinski definition) is 2. The standard InChI is InChI=1S/C15H19NO4/c17-12-6-2-1-4-10(12)7-8-13(18)16-9-3-5-11(16)14-15(19)20-14/h1-2,4,6,11,14-15,17,19H,3,5,7-9H2. The number of hydrogen-bond acceptors (Lipinski definition) is 4. The Morgan fingerprint density at radius 1 is 1.40 bits per heavy atom. The summed E-state index contributed by atoms with van der Waals surface area (Å²) >= 11 is 0. The maximum Gasteiger partial charge on any atom is 0.223 e. The monoisotopic (exact) mass is 277 g/mol. The van der Waals surface area contributed by atoms with Crippen LogP contribution in [-0.2, 0) is 16.0 Å². The van der Waals surface area contributed by atoms with Crippen LogP contribution >= 0.6 is 0 Å². The van der Waals surface area contributed by atoms with Crippen molar-refractivity contribution in [3.63, 3.8) is 0 Å². The molecule has 0 aliphatic carbocycles. The number of aromatic hydroxyl groups is 1. The smallest absolute Gasteiger partial charge is 0.223 e. The van der Waals surface area contributed by atoms with Gasteiger partial charge in [-0.3, -0.25) is 4.79 Å². The minimum atomic E-state index is -0.702. The average molecular weight is 277 g/mol. The first kappa shape index (κ1) is 13.4. The summed E-state index contributed by atoms with van der Waals surface area (Å²) in [7, 11) is 0. The maximum atomic E-state index is 12.3. The van der Waals surface area contributed by atoms with E-state index in [0.29, 0.717) is 12.8 Å². The van der Waals surface area contributed by atoms with E-state index in [1.807, 2.05) is 17.0 Å². The van der Waals surface area contributed by atoms with Crippen LogP contribution < -0.4 is 0 Å². The molecule has 0 radical (unpaired) electrons. The summed E-state index contributed by atoms with van der Waals surface area (Å²) in [5.74, 6) is 0.303. The molecule has 1 aromatic carbocycles. The molecule has 0 aromatic heterocycles. The Hall–Kier alpha value is -1.59. The summed E-state index contributed by atoms with van der Waals surface area (Å²) in [6.07, 6.45) is 1.85. The molecule has 3 rings (SSSR count). The van der Waals surface area contributed by atoms with Gasteiger partial charge in [0.25, 0.3) is 0 Å². The van der Waals surface area contributed by atoms with Gasteiger partial charge in [0, 0.05) is 13.0 Å². The van der Waals surface area contributed by atoms with Crippen LogP contribution in [0, 0.1) is 0 Å². The molecular weight excluding hydrogens is 258 g/mol. The number of para-hydroxylation sites is 1. The van der Waals surface area contributed by atoms with Gasteiger partial charge in [0.1, 0.15) is 11.9 Å². The molecule has 3 atom stereocenters. The third kappa shape index (κ3) is 2.64. The highest BCUT2D eigenvalue weighted by molar-refractivity contribution is 5.77. The van der Waals surface area contributed by atoms with E-state index >= 15 is 0 Å². The Balaban J connectivity index is 1.58. The first-order valence-corrected chi connectivity index (χ1v) is 7.06. The van der Waals surface area contributed by atoms with E-state index in [1.54, 1.807) is 12.1 Å². The zero-order valence-electron chi connectivity index (χ0n) is 11.2. The van der Waals surface area contributed by atoms with Gasteiger partial charge in [-0.05, 0) is 30.9 Å². The van der Waals surface area contributed by atoms with Crippen molar-refractivity contribution in [3.05, 3.63) is 29.8 Å². The van der Waals surface area contributed by atoms with Crippen LogP contribution in [-0.4, -0.2) is 46.0 Å². The lowest BCUT2D eigenvalue weighted by Gasteiger charge is -2.23. The lowest BCUT2D eigenvalue weighted by Crippen LogP contribution is -2.39. The zero-order chi connectivity index (χ0) is 14.1. The number of phenols is 1. The van der Waals surface area contributed by atoms with Gasteiger partial charge in [0.2, 0.25) is 5.91 Å². The molecule has 0 bridgehead atoms. The number of carbonyl (C=O) groups excluding carboxylic acids is 1. The van der Waals surface area contributed by atoms with Crippen molar-refractivity contribution in [3.8, 4) is 5.75 Å². The van der Waals surface area contributed by atoms with E-state index in [0.717, 1.165) is 24.9 Å². The number of aliphatic hydroxyl groups excluding tert-OH is 1. The van der Waals surface area contributed by atoms with Gasteiger partial charge in [-0.25, -0.2) is 0 Å². The van der Waals surface area contributed by atoms with Crippen LogP contribution in [0.2, 0.25) is 0 Å². The summed E-state index contributed by atoms with van der Waals surface area (Å²) in [5.41, 5.74) is 0.791. The van der Waals surface area contributed by atoms with E-state index < -0.39 is 6.29 Å². The minimum absolute atomic E-state index is 0.0156. The number of amides is 1. The van der Waals surface area contributed by atoms with Crippen molar-refractivity contribution in [2.45, 2.75) is 44.1 Å². The molecule has 1 aromatic rings. The summed E-state index contributed by atoms with van der Waals surface area (Å²) in [6.45, 7) is 0.733. The fourth-order valence-electron chi connectivity index (χ4n) is 2.95. The van der Waals surface area contributed by atoms with E-state index in [9.17, 15) is 15.0 Å². The van der Waals surface area contributed by atoms with Gasteiger partial charge < -0.3 is 19.8 Å². The molecule has 5 nitrogen and oxygen atoms in total. The number of ether oxygens (including phenoxy) is 1. The molecular formula is C15H19NO4. The highest BCUT2D eigenvalue weighted by Gasteiger charge is 2.48. The van der Waals surface area contributed by atoms with Crippen molar-refractivity contribution >= 4 is 5.91 Å². The average Bonchev–Trinajstić information content (AvgIpc) is 2.98. The van der Waals surface area contributed by atoms with Gasteiger partial charge in [0.15, 0.2) is 6.29 Å². The number of likely N-dealkylation sites (tertiary alicyclic amines) is 1. The molecule has 20 heavy (non-hydrogen) atoms. The topological polar surface area (TPSA) is 73.3 Å². The number of rotatable bonds is 4. The largest absolute Gasteiger partial charge is 0.508 e.